The lowest BCUT2D eigenvalue weighted by Gasteiger charge is -2.50. The van der Waals surface area contributed by atoms with Crippen LogP contribution in [0.1, 0.15) is 48.4 Å². The Labute approximate surface area is 194 Å². The molecule has 1 fully saturated rings. The highest BCUT2D eigenvalue weighted by Gasteiger charge is 2.58. The molecule has 3 aromatic carbocycles. The van der Waals surface area contributed by atoms with Crippen LogP contribution in [0.4, 0.5) is 11.4 Å². The van der Waals surface area contributed by atoms with Crippen LogP contribution >= 0.6 is 11.6 Å². The number of nitrogens with zero attached hydrogens (tertiary/aromatic N) is 1. The number of carbonyl (C=O) groups excluding carboxylic acids is 2. The minimum Gasteiger partial charge on any atom is -0.323 e. The molecule has 32 heavy (non-hydrogen) atoms. The Morgan fingerprint density at radius 2 is 1.56 bits per heavy atom. The highest BCUT2D eigenvalue weighted by Crippen LogP contribution is 2.46. The van der Waals surface area contributed by atoms with Crippen molar-refractivity contribution in [1.29, 1.82) is 0 Å². The first-order valence-corrected chi connectivity index (χ1v) is 11.2. The molecule has 4 nitrogen and oxygen atoms in total. The van der Waals surface area contributed by atoms with Gasteiger partial charge in [-0.05, 0) is 66.3 Å². The first kappa shape index (κ1) is 22.1. The van der Waals surface area contributed by atoms with Crippen LogP contribution in [-0.2, 0) is 15.1 Å². The van der Waals surface area contributed by atoms with Crippen molar-refractivity contribution in [2.24, 2.45) is 0 Å². The van der Waals surface area contributed by atoms with E-state index in [4.69, 9.17) is 11.6 Å². The molecule has 164 valence electrons. The normalized spacial score (nSPS) is 17.9. The van der Waals surface area contributed by atoms with Gasteiger partial charge in [-0.15, -0.1) is 0 Å². The summed E-state index contributed by atoms with van der Waals surface area (Å²) in [5.41, 5.74) is 4.23. The average molecular weight is 447 g/mol. The van der Waals surface area contributed by atoms with Gasteiger partial charge in [-0.25, -0.2) is 0 Å². The first-order chi connectivity index (χ1) is 15.2. The van der Waals surface area contributed by atoms with E-state index in [0.29, 0.717) is 16.6 Å². The lowest BCUT2D eigenvalue weighted by molar-refractivity contribution is -0.137. The van der Waals surface area contributed by atoms with E-state index in [1.165, 1.54) is 5.56 Å². The maximum atomic E-state index is 13.9. The molecule has 0 saturated carbocycles. The minimum absolute atomic E-state index is 0.100. The van der Waals surface area contributed by atoms with Gasteiger partial charge in [0.15, 0.2) is 5.54 Å². The summed E-state index contributed by atoms with van der Waals surface area (Å²) in [6, 6.07) is 20.9. The first-order valence-electron chi connectivity index (χ1n) is 10.8. The molecule has 2 amide bonds. The third-order valence-electron chi connectivity index (χ3n) is 6.27. The van der Waals surface area contributed by atoms with Crippen molar-refractivity contribution in [1.82, 2.24) is 0 Å². The number of aryl methyl sites for hydroxylation is 2. The van der Waals surface area contributed by atoms with Crippen LogP contribution in [-0.4, -0.2) is 11.8 Å². The fourth-order valence-corrected chi connectivity index (χ4v) is 4.50. The minimum atomic E-state index is -1.13. The van der Waals surface area contributed by atoms with Crippen molar-refractivity contribution in [3.8, 4) is 0 Å². The smallest absolute Gasteiger partial charge is 0.255 e. The summed E-state index contributed by atoms with van der Waals surface area (Å²) in [6.45, 7) is 8.20. The number of amides is 2. The Balaban J connectivity index is 1.82. The number of anilines is 2. The van der Waals surface area contributed by atoms with E-state index in [2.05, 4.69) is 19.2 Å². The number of hydrogen-bond donors (Lipinski definition) is 1. The fraction of sp³-hybridized carbons (Fsp3) is 0.259. The second kappa shape index (κ2) is 8.44. The van der Waals surface area contributed by atoms with Gasteiger partial charge in [0.05, 0.1) is 6.42 Å². The highest BCUT2D eigenvalue weighted by atomic mass is 35.5. The van der Waals surface area contributed by atoms with E-state index < -0.39 is 5.54 Å². The van der Waals surface area contributed by atoms with Crippen molar-refractivity contribution in [2.75, 3.05) is 10.2 Å². The SMILES string of the molecule is Cc1cccc(C)c1NC(=O)C1(c2ccc(C(C)C)cc2)CC(=O)N1c1ccc(Cl)cc1. The predicted molar refractivity (Wildman–Crippen MR) is 130 cm³/mol. The van der Waals surface area contributed by atoms with Crippen molar-refractivity contribution in [3.05, 3.63) is 94.0 Å². The molecule has 0 bridgehead atoms. The Kier molecular flexibility index (Phi) is 5.83. The molecule has 4 rings (SSSR count). The summed E-state index contributed by atoms with van der Waals surface area (Å²) in [5, 5.41) is 3.71. The van der Waals surface area contributed by atoms with Crippen LogP contribution in [0.25, 0.3) is 0 Å². The lowest BCUT2D eigenvalue weighted by atomic mass is 9.75. The standard InChI is InChI=1S/C27H27ClN2O2/c1-17(2)20-8-10-21(11-9-20)27(26(32)29-25-18(3)6-5-7-19(25)4)16-24(31)30(27)23-14-12-22(28)13-15-23/h5-15,17H,16H2,1-4H3,(H,29,32). The lowest BCUT2D eigenvalue weighted by Crippen LogP contribution is -2.67. The number of hydrogen-bond acceptors (Lipinski definition) is 2. The monoisotopic (exact) mass is 446 g/mol. The maximum Gasteiger partial charge on any atom is 0.255 e. The summed E-state index contributed by atoms with van der Waals surface area (Å²) in [7, 11) is 0. The molecule has 0 radical (unpaired) electrons. The number of para-hydroxylation sites is 1. The molecule has 1 unspecified atom stereocenters. The third-order valence-corrected chi connectivity index (χ3v) is 6.53. The highest BCUT2D eigenvalue weighted by molar-refractivity contribution is 6.30. The average Bonchev–Trinajstić information content (AvgIpc) is 2.76. The largest absolute Gasteiger partial charge is 0.323 e. The van der Waals surface area contributed by atoms with E-state index in [1.54, 1.807) is 29.2 Å². The second-order valence-electron chi connectivity index (χ2n) is 8.74. The zero-order chi connectivity index (χ0) is 23.0. The summed E-state index contributed by atoms with van der Waals surface area (Å²) in [5.74, 6) is 0.0532. The quantitative estimate of drug-likeness (QED) is 0.464. The molecule has 0 spiro atoms. The van der Waals surface area contributed by atoms with Gasteiger partial charge in [0, 0.05) is 16.4 Å². The molecule has 3 aromatic rings. The van der Waals surface area contributed by atoms with Gasteiger partial charge in [-0.3, -0.25) is 14.5 Å². The van der Waals surface area contributed by atoms with E-state index in [1.807, 2.05) is 56.3 Å². The maximum absolute atomic E-state index is 13.9. The molecule has 1 N–H and O–H groups in total. The van der Waals surface area contributed by atoms with Crippen molar-refractivity contribution in [2.45, 2.75) is 45.6 Å². The number of benzene rings is 3. The Morgan fingerprint density at radius 3 is 2.09 bits per heavy atom. The number of halogens is 1. The molecular formula is C27H27ClN2O2. The van der Waals surface area contributed by atoms with Crippen molar-refractivity contribution >= 4 is 34.8 Å². The predicted octanol–water partition coefficient (Wildman–Crippen LogP) is 6.35. The zero-order valence-corrected chi connectivity index (χ0v) is 19.5. The number of carbonyl (C=O) groups is 2. The van der Waals surface area contributed by atoms with Crippen LogP contribution in [0.5, 0.6) is 0 Å². The molecular weight excluding hydrogens is 420 g/mol. The van der Waals surface area contributed by atoms with Crippen LogP contribution in [0, 0.1) is 13.8 Å². The molecule has 1 aliphatic heterocycles. The summed E-state index contributed by atoms with van der Waals surface area (Å²) in [4.78, 5) is 28.4. The fourth-order valence-electron chi connectivity index (χ4n) is 4.37. The zero-order valence-electron chi connectivity index (χ0n) is 18.8. The van der Waals surface area contributed by atoms with Crippen molar-refractivity contribution < 1.29 is 9.59 Å². The summed E-state index contributed by atoms with van der Waals surface area (Å²) in [6.07, 6.45) is 0.105. The molecule has 5 heteroatoms. The molecule has 1 atom stereocenters. The van der Waals surface area contributed by atoms with Gasteiger partial charge in [0.1, 0.15) is 0 Å². The third kappa shape index (κ3) is 3.69. The van der Waals surface area contributed by atoms with Crippen LogP contribution in [0.15, 0.2) is 66.7 Å². The topological polar surface area (TPSA) is 49.4 Å². The van der Waals surface area contributed by atoms with Gasteiger partial charge < -0.3 is 5.32 Å². The van der Waals surface area contributed by atoms with Crippen LogP contribution in [0.2, 0.25) is 5.02 Å². The number of β-lactam (4-membered cyclic amide) rings is 1. The van der Waals surface area contributed by atoms with E-state index in [9.17, 15) is 9.59 Å². The second-order valence-corrected chi connectivity index (χ2v) is 9.18. The van der Waals surface area contributed by atoms with E-state index >= 15 is 0 Å². The van der Waals surface area contributed by atoms with Gasteiger partial charge in [-0.1, -0.05) is 67.9 Å². The summed E-state index contributed by atoms with van der Waals surface area (Å²) < 4.78 is 0. The van der Waals surface area contributed by atoms with Crippen LogP contribution < -0.4 is 10.2 Å². The van der Waals surface area contributed by atoms with Gasteiger partial charge in [0.25, 0.3) is 5.91 Å². The molecule has 0 aliphatic carbocycles. The van der Waals surface area contributed by atoms with E-state index in [0.717, 1.165) is 22.4 Å². The molecule has 0 aromatic heterocycles. The van der Waals surface area contributed by atoms with E-state index in [-0.39, 0.29) is 18.2 Å². The Bertz CT molecular complexity index is 1150. The van der Waals surface area contributed by atoms with Crippen molar-refractivity contribution in [3.63, 3.8) is 0 Å². The summed E-state index contributed by atoms with van der Waals surface area (Å²) >= 11 is 6.07. The van der Waals surface area contributed by atoms with Gasteiger partial charge in [0.2, 0.25) is 5.91 Å². The number of rotatable bonds is 5. The Morgan fingerprint density at radius 1 is 0.969 bits per heavy atom. The van der Waals surface area contributed by atoms with Gasteiger partial charge in [-0.2, -0.15) is 0 Å². The molecule has 1 heterocycles. The molecule has 1 aliphatic rings. The number of nitrogens with one attached hydrogen (secondary N) is 1. The van der Waals surface area contributed by atoms with Crippen LogP contribution in [0.3, 0.4) is 0 Å². The van der Waals surface area contributed by atoms with Gasteiger partial charge >= 0.3 is 0 Å². The molecule has 1 saturated heterocycles. The Hall–Kier alpha value is -3.11.